The summed E-state index contributed by atoms with van der Waals surface area (Å²) in [6.07, 6.45) is 9.13. The fourth-order valence-electron chi connectivity index (χ4n) is 5.70. The number of nitrogens with zero attached hydrogens (tertiary/aromatic N) is 2. The van der Waals surface area contributed by atoms with Crippen LogP contribution in [-0.4, -0.2) is 50.8 Å². The number of benzene rings is 1. The Hall–Kier alpha value is -0.820. The zero-order valence-electron chi connectivity index (χ0n) is 17.5. The molecule has 3 fully saturated rings. The summed E-state index contributed by atoms with van der Waals surface area (Å²) in [6, 6.07) is 8.88. The van der Waals surface area contributed by atoms with E-state index >= 15 is 0 Å². The van der Waals surface area contributed by atoms with Gasteiger partial charge in [-0.1, -0.05) is 37.1 Å². The summed E-state index contributed by atoms with van der Waals surface area (Å²) in [7, 11) is 1.94. The molecule has 2 aliphatic heterocycles. The Kier molecular flexibility index (Phi) is 7.29. The Morgan fingerprint density at radius 1 is 1.11 bits per heavy atom. The Balaban J connectivity index is 0.00000225. The minimum atomic E-state index is 0. The van der Waals surface area contributed by atoms with Crippen LogP contribution in [0.25, 0.3) is 0 Å². The highest BCUT2D eigenvalue weighted by Crippen LogP contribution is 2.45. The van der Waals surface area contributed by atoms with E-state index in [1.54, 1.807) is 0 Å². The Bertz CT molecular complexity index is 678. The second-order valence-electron chi connectivity index (χ2n) is 8.99. The van der Waals surface area contributed by atoms with Gasteiger partial charge in [0, 0.05) is 45.3 Å². The second kappa shape index (κ2) is 9.33. The molecule has 0 atom stereocenters. The molecule has 4 rings (SSSR count). The fourth-order valence-corrected chi connectivity index (χ4v) is 5.70. The Labute approximate surface area is 187 Å². The lowest BCUT2D eigenvalue weighted by atomic mass is 9.72. The predicted octanol–water partition coefficient (Wildman–Crippen LogP) is 4.50. The molecule has 0 aromatic heterocycles. The van der Waals surface area contributed by atoms with Crippen molar-refractivity contribution < 1.29 is 4.74 Å². The molecule has 28 heavy (non-hydrogen) atoms. The van der Waals surface area contributed by atoms with E-state index in [-0.39, 0.29) is 29.4 Å². The summed E-state index contributed by atoms with van der Waals surface area (Å²) >= 11 is 0. The number of aliphatic imine (C=N–C) groups is 1. The van der Waals surface area contributed by atoms with Gasteiger partial charge in [-0.15, -0.1) is 24.0 Å². The number of rotatable bonds is 3. The number of hydrogen-bond acceptors (Lipinski definition) is 2. The van der Waals surface area contributed by atoms with Gasteiger partial charge < -0.3 is 15.0 Å². The molecule has 4 nitrogen and oxygen atoms in total. The highest BCUT2D eigenvalue weighted by atomic mass is 127. The van der Waals surface area contributed by atoms with Gasteiger partial charge in [0.25, 0.3) is 0 Å². The van der Waals surface area contributed by atoms with Gasteiger partial charge in [-0.2, -0.15) is 0 Å². The molecule has 2 saturated heterocycles. The lowest BCUT2D eigenvalue weighted by molar-refractivity contribution is 0.0510. The van der Waals surface area contributed by atoms with Gasteiger partial charge in [0.2, 0.25) is 0 Å². The van der Waals surface area contributed by atoms with Crippen molar-refractivity contribution in [3.8, 4) is 0 Å². The smallest absolute Gasteiger partial charge is 0.193 e. The number of halogens is 1. The maximum Gasteiger partial charge on any atom is 0.193 e. The molecular formula is C23H36IN3O. The standard InChI is InChI=1S/C23H35N3O.HI/c1-19-7-3-4-8-20(19)23(12-15-27-16-13-23)17-25-21(24-2)26-14-11-22(18-26)9-5-6-10-22;/h3-4,7-8H,5-6,9-18H2,1-2H3,(H,24,25);1H. The molecule has 1 spiro atoms. The van der Waals surface area contributed by atoms with Crippen molar-refractivity contribution in [2.45, 2.75) is 57.3 Å². The lowest BCUT2D eigenvalue weighted by Crippen LogP contribution is -2.49. The van der Waals surface area contributed by atoms with E-state index in [0.717, 1.165) is 45.1 Å². The van der Waals surface area contributed by atoms with E-state index in [1.165, 1.54) is 49.8 Å². The van der Waals surface area contributed by atoms with Crippen LogP contribution in [0.1, 0.15) is 56.1 Å². The molecule has 0 unspecified atom stereocenters. The van der Waals surface area contributed by atoms with Crippen LogP contribution in [0.3, 0.4) is 0 Å². The number of ether oxygens (including phenoxy) is 1. The summed E-state index contributed by atoms with van der Waals surface area (Å²) < 4.78 is 5.71. The van der Waals surface area contributed by atoms with Gasteiger partial charge in [-0.05, 0) is 55.6 Å². The molecule has 1 saturated carbocycles. The van der Waals surface area contributed by atoms with Gasteiger partial charge in [-0.3, -0.25) is 4.99 Å². The predicted molar refractivity (Wildman–Crippen MR) is 127 cm³/mol. The minimum absolute atomic E-state index is 0. The Morgan fingerprint density at radius 2 is 1.82 bits per heavy atom. The molecule has 1 aliphatic carbocycles. The van der Waals surface area contributed by atoms with Crippen molar-refractivity contribution in [1.29, 1.82) is 0 Å². The molecular weight excluding hydrogens is 461 g/mol. The van der Waals surface area contributed by atoms with Gasteiger partial charge in [0.1, 0.15) is 0 Å². The van der Waals surface area contributed by atoms with Crippen molar-refractivity contribution in [1.82, 2.24) is 10.2 Å². The molecule has 1 N–H and O–H groups in total. The van der Waals surface area contributed by atoms with E-state index < -0.39 is 0 Å². The van der Waals surface area contributed by atoms with Crippen molar-refractivity contribution in [3.05, 3.63) is 35.4 Å². The van der Waals surface area contributed by atoms with Crippen LogP contribution < -0.4 is 5.32 Å². The van der Waals surface area contributed by atoms with Crippen LogP contribution >= 0.6 is 24.0 Å². The third-order valence-corrected chi connectivity index (χ3v) is 7.37. The molecule has 2 heterocycles. The Morgan fingerprint density at radius 3 is 2.50 bits per heavy atom. The lowest BCUT2D eigenvalue weighted by Gasteiger charge is -2.40. The summed E-state index contributed by atoms with van der Waals surface area (Å²) in [5.41, 5.74) is 3.58. The van der Waals surface area contributed by atoms with Crippen LogP contribution in [0.15, 0.2) is 29.3 Å². The zero-order valence-corrected chi connectivity index (χ0v) is 19.8. The first-order valence-corrected chi connectivity index (χ1v) is 10.8. The highest BCUT2D eigenvalue weighted by molar-refractivity contribution is 14.0. The second-order valence-corrected chi connectivity index (χ2v) is 8.99. The molecule has 156 valence electrons. The molecule has 0 radical (unpaired) electrons. The first kappa shape index (κ1) is 21.9. The van der Waals surface area contributed by atoms with Crippen LogP contribution in [0.4, 0.5) is 0 Å². The van der Waals surface area contributed by atoms with Crippen molar-refractivity contribution in [3.63, 3.8) is 0 Å². The largest absolute Gasteiger partial charge is 0.381 e. The maximum atomic E-state index is 5.71. The third-order valence-electron chi connectivity index (χ3n) is 7.37. The first-order valence-electron chi connectivity index (χ1n) is 10.8. The van der Waals surface area contributed by atoms with Crippen LogP contribution in [0.5, 0.6) is 0 Å². The molecule has 0 bridgehead atoms. The van der Waals surface area contributed by atoms with Crippen LogP contribution in [0.2, 0.25) is 0 Å². The van der Waals surface area contributed by atoms with Crippen LogP contribution in [-0.2, 0) is 10.2 Å². The molecule has 1 aromatic carbocycles. The zero-order chi connectivity index (χ0) is 18.7. The summed E-state index contributed by atoms with van der Waals surface area (Å²) in [4.78, 5) is 7.17. The van der Waals surface area contributed by atoms with Crippen molar-refractivity contribution in [2.75, 3.05) is 39.9 Å². The quantitative estimate of drug-likeness (QED) is 0.380. The van der Waals surface area contributed by atoms with Crippen LogP contribution in [0, 0.1) is 12.3 Å². The maximum absolute atomic E-state index is 5.71. The number of nitrogens with one attached hydrogen (secondary N) is 1. The number of likely N-dealkylation sites (tertiary alicyclic amines) is 1. The normalized spacial score (nSPS) is 23.6. The highest BCUT2D eigenvalue weighted by Gasteiger charge is 2.42. The summed E-state index contributed by atoms with van der Waals surface area (Å²) in [5.74, 6) is 1.10. The first-order chi connectivity index (χ1) is 13.2. The monoisotopic (exact) mass is 497 g/mol. The van der Waals surface area contributed by atoms with Crippen molar-refractivity contribution >= 4 is 29.9 Å². The molecule has 0 amide bonds. The SMILES string of the molecule is CN=C(NCC1(c2ccccc2C)CCOCC1)N1CCC2(CCCC2)C1.I. The molecule has 5 heteroatoms. The van der Waals surface area contributed by atoms with Crippen molar-refractivity contribution in [2.24, 2.45) is 10.4 Å². The average molecular weight is 497 g/mol. The fraction of sp³-hybridized carbons (Fsp3) is 0.696. The number of hydrogen-bond donors (Lipinski definition) is 1. The summed E-state index contributed by atoms with van der Waals surface area (Å²) in [5, 5.41) is 3.77. The third kappa shape index (κ3) is 4.35. The van der Waals surface area contributed by atoms with E-state index in [4.69, 9.17) is 4.74 Å². The summed E-state index contributed by atoms with van der Waals surface area (Å²) in [6.45, 7) is 7.22. The van der Waals surface area contributed by atoms with E-state index in [0.29, 0.717) is 5.41 Å². The van der Waals surface area contributed by atoms with Gasteiger partial charge >= 0.3 is 0 Å². The van der Waals surface area contributed by atoms with E-state index in [9.17, 15) is 0 Å². The topological polar surface area (TPSA) is 36.9 Å². The minimum Gasteiger partial charge on any atom is -0.381 e. The van der Waals surface area contributed by atoms with E-state index in [2.05, 4.69) is 46.4 Å². The molecule has 3 aliphatic rings. The van der Waals surface area contributed by atoms with Gasteiger partial charge in [-0.25, -0.2) is 0 Å². The number of guanidine groups is 1. The molecule has 1 aromatic rings. The van der Waals surface area contributed by atoms with Gasteiger partial charge in [0.05, 0.1) is 0 Å². The van der Waals surface area contributed by atoms with E-state index in [1.807, 2.05) is 7.05 Å². The van der Waals surface area contributed by atoms with Gasteiger partial charge in [0.15, 0.2) is 5.96 Å². The number of aryl methyl sites for hydroxylation is 1. The average Bonchev–Trinajstić information content (AvgIpc) is 3.33.